The molecule has 0 fully saturated rings. The van der Waals surface area contributed by atoms with Crippen molar-refractivity contribution in [3.05, 3.63) is 35.9 Å². The minimum Gasteiger partial charge on any atom is -0.296 e. The maximum Gasteiger partial charge on any atom is 0.168 e. The van der Waals surface area contributed by atoms with Crippen LogP contribution in [0, 0.1) is 0 Å². The van der Waals surface area contributed by atoms with Gasteiger partial charge in [-0.2, -0.15) is 0 Å². The summed E-state index contributed by atoms with van der Waals surface area (Å²) < 4.78 is -0.595. The summed E-state index contributed by atoms with van der Waals surface area (Å²) in [7, 11) is 0. The van der Waals surface area contributed by atoms with Gasteiger partial charge < -0.3 is 0 Å². The molecule has 0 bridgehead atoms. The number of alkyl halides is 2. The van der Waals surface area contributed by atoms with E-state index in [0.29, 0.717) is 0 Å². The van der Waals surface area contributed by atoms with Crippen LogP contribution in [0.15, 0.2) is 30.3 Å². The van der Waals surface area contributed by atoms with Crippen LogP contribution in [0.1, 0.15) is 18.4 Å². The smallest absolute Gasteiger partial charge is 0.168 e. The Hall–Kier alpha value is -0.340. The summed E-state index contributed by atoms with van der Waals surface area (Å²) in [6.07, 6.45) is 0. The zero-order valence-corrected chi connectivity index (χ0v) is 9.55. The second-order valence-corrected chi connectivity index (χ2v) is 4.71. The highest BCUT2D eigenvalue weighted by atomic mass is 79.9. The van der Waals surface area contributed by atoms with Crippen LogP contribution in [0.2, 0.25) is 0 Å². The number of hydrogen-bond donors (Lipinski definition) is 0. The largest absolute Gasteiger partial charge is 0.296 e. The zero-order chi connectivity index (χ0) is 9.84. The summed E-state index contributed by atoms with van der Waals surface area (Å²) in [5.41, 5.74) is 0.998. The lowest BCUT2D eigenvalue weighted by molar-refractivity contribution is -0.118. The van der Waals surface area contributed by atoms with Gasteiger partial charge in [-0.25, -0.2) is 0 Å². The summed E-state index contributed by atoms with van der Waals surface area (Å²) >= 11 is 8.69. The minimum absolute atomic E-state index is 0.00660. The molecule has 1 unspecified atom stereocenters. The van der Waals surface area contributed by atoms with Crippen molar-refractivity contribution in [1.29, 1.82) is 0 Å². The Balaban J connectivity index is 2.80. The Morgan fingerprint density at radius 3 is 2.38 bits per heavy atom. The van der Waals surface area contributed by atoms with Crippen molar-refractivity contribution in [2.45, 2.75) is 17.1 Å². The molecule has 0 aliphatic heterocycles. The van der Waals surface area contributed by atoms with E-state index >= 15 is 0 Å². The molecule has 0 radical (unpaired) electrons. The molecule has 0 N–H and O–H groups in total. The summed E-state index contributed by atoms with van der Waals surface area (Å²) in [4.78, 5) is 11.5. The first-order chi connectivity index (χ1) is 6.13. The van der Waals surface area contributed by atoms with Crippen LogP contribution in [0.25, 0.3) is 0 Å². The number of carbonyl (C=O) groups excluding carboxylic acids is 1. The first-order valence-electron chi connectivity index (χ1n) is 3.99. The highest BCUT2D eigenvalue weighted by molar-refractivity contribution is 9.10. The maximum atomic E-state index is 11.5. The first kappa shape index (κ1) is 10.7. The summed E-state index contributed by atoms with van der Waals surface area (Å²) in [6, 6.07) is 9.60. The number of rotatable bonds is 3. The highest BCUT2D eigenvalue weighted by Crippen LogP contribution is 2.21. The van der Waals surface area contributed by atoms with Gasteiger partial charge in [-0.15, -0.1) is 11.6 Å². The maximum absolute atomic E-state index is 11.5. The standard InChI is InChI=1S/C10H10BrClO/c1-7(9(13)10(11)12)8-5-3-2-4-6-8/h2-7,10H,1H3/t7-,10?/m0/s1. The van der Waals surface area contributed by atoms with Crippen LogP contribution >= 0.6 is 27.5 Å². The van der Waals surface area contributed by atoms with E-state index in [2.05, 4.69) is 15.9 Å². The van der Waals surface area contributed by atoms with E-state index in [1.54, 1.807) is 0 Å². The molecule has 13 heavy (non-hydrogen) atoms. The van der Waals surface area contributed by atoms with Gasteiger partial charge in [-0.3, -0.25) is 4.79 Å². The van der Waals surface area contributed by atoms with Gasteiger partial charge in [-0.1, -0.05) is 53.2 Å². The Bertz CT molecular complexity index is 284. The average molecular weight is 262 g/mol. The average Bonchev–Trinajstić information content (AvgIpc) is 2.17. The predicted octanol–water partition coefficient (Wildman–Crippen LogP) is 3.32. The van der Waals surface area contributed by atoms with E-state index in [-0.39, 0.29) is 11.7 Å². The van der Waals surface area contributed by atoms with Crippen molar-refractivity contribution in [2.75, 3.05) is 0 Å². The van der Waals surface area contributed by atoms with Gasteiger partial charge in [0.05, 0.1) is 0 Å². The molecule has 1 aromatic carbocycles. The molecule has 1 nitrogen and oxygen atoms in total. The molecule has 0 aliphatic rings. The quantitative estimate of drug-likeness (QED) is 0.763. The molecule has 2 atom stereocenters. The van der Waals surface area contributed by atoms with Crippen LogP contribution in [-0.4, -0.2) is 10.1 Å². The van der Waals surface area contributed by atoms with Gasteiger partial charge in [0.15, 0.2) is 5.78 Å². The van der Waals surface area contributed by atoms with Crippen LogP contribution in [0.3, 0.4) is 0 Å². The normalized spacial score (nSPS) is 15.0. The van der Waals surface area contributed by atoms with E-state index in [1.165, 1.54) is 0 Å². The number of carbonyl (C=O) groups is 1. The Morgan fingerprint density at radius 1 is 1.38 bits per heavy atom. The topological polar surface area (TPSA) is 17.1 Å². The lowest BCUT2D eigenvalue weighted by atomic mass is 9.98. The molecule has 3 heteroatoms. The molecule has 0 saturated heterocycles. The van der Waals surface area contributed by atoms with Gasteiger partial charge in [-0.05, 0) is 5.56 Å². The number of Topliss-reactive ketones (excluding diaryl/α,β-unsaturated/α-hetero) is 1. The second kappa shape index (κ2) is 4.77. The lowest BCUT2D eigenvalue weighted by Gasteiger charge is -2.10. The van der Waals surface area contributed by atoms with Crippen molar-refractivity contribution < 1.29 is 4.79 Å². The molecule has 0 saturated carbocycles. The summed E-state index contributed by atoms with van der Waals surface area (Å²) in [6.45, 7) is 1.86. The highest BCUT2D eigenvalue weighted by Gasteiger charge is 2.20. The van der Waals surface area contributed by atoms with Crippen molar-refractivity contribution in [2.24, 2.45) is 0 Å². The van der Waals surface area contributed by atoms with Gasteiger partial charge in [0, 0.05) is 5.92 Å². The molecular formula is C10H10BrClO. The fourth-order valence-electron chi connectivity index (χ4n) is 1.09. The lowest BCUT2D eigenvalue weighted by Crippen LogP contribution is -2.15. The van der Waals surface area contributed by atoms with E-state index in [4.69, 9.17) is 11.6 Å². The van der Waals surface area contributed by atoms with Crippen LogP contribution in [0.4, 0.5) is 0 Å². The Kier molecular flexibility index (Phi) is 3.94. The van der Waals surface area contributed by atoms with E-state index in [9.17, 15) is 4.79 Å². The third-order valence-corrected chi connectivity index (χ3v) is 2.61. The van der Waals surface area contributed by atoms with Gasteiger partial charge in [0.25, 0.3) is 0 Å². The number of hydrogen-bond acceptors (Lipinski definition) is 1. The SMILES string of the molecule is C[C@H](C(=O)C(Cl)Br)c1ccccc1. The third kappa shape index (κ3) is 2.82. The van der Waals surface area contributed by atoms with E-state index in [0.717, 1.165) is 5.56 Å². The Labute approximate surface area is 91.2 Å². The van der Waals surface area contributed by atoms with Crippen molar-refractivity contribution >= 4 is 33.3 Å². The van der Waals surface area contributed by atoms with Crippen LogP contribution in [0.5, 0.6) is 0 Å². The molecule has 0 amide bonds. The predicted molar refractivity (Wildman–Crippen MR) is 58.4 cm³/mol. The van der Waals surface area contributed by atoms with E-state index < -0.39 is 4.29 Å². The molecular weight excluding hydrogens is 251 g/mol. The third-order valence-electron chi connectivity index (χ3n) is 1.94. The molecule has 0 heterocycles. The molecule has 0 spiro atoms. The molecule has 0 aromatic heterocycles. The molecule has 70 valence electrons. The Morgan fingerprint density at radius 2 is 1.92 bits per heavy atom. The zero-order valence-electron chi connectivity index (χ0n) is 7.21. The first-order valence-corrected chi connectivity index (χ1v) is 5.35. The van der Waals surface area contributed by atoms with Crippen molar-refractivity contribution in [3.8, 4) is 0 Å². The van der Waals surface area contributed by atoms with Gasteiger partial charge in [0.1, 0.15) is 4.29 Å². The minimum atomic E-state index is -0.595. The second-order valence-electron chi connectivity index (χ2n) is 2.84. The van der Waals surface area contributed by atoms with Gasteiger partial charge >= 0.3 is 0 Å². The monoisotopic (exact) mass is 260 g/mol. The van der Waals surface area contributed by atoms with Crippen LogP contribution < -0.4 is 0 Å². The van der Waals surface area contributed by atoms with Crippen LogP contribution in [-0.2, 0) is 4.79 Å². The number of ketones is 1. The summed E-state index contributed by atoms with van der Waals surface area (Å²) in [5.74, 6) is -0.157. The number of benzene rings is 1. The van der Waals surface area contributed by atoms with E-state index in [1.807, 2.05) is 37.3 Å². The van der Waals surface area contributed by atoms with Crippen molar-refractivity contribution in [1.82, 2.24) is 0 Å². The van der Waals surface area contributed by atoms with Crippen molar-refractivity contribution in [3.63, 3.8) is 0 Å². The molecule has 0 aliphatic carbocycles. The fourth-order valence-corrected chi connectivity index (χ4v) is 1.68. The summed E-state index contributed by atoms with van der Waals surface area (Å²) in [5, 5.41) is 0. The fraction of sp³-hybridized carbons (Fsp3) is 0.300. The number of halogens is 2. The van der Waals surface area contributed by atoms with Gasteiger partial charge in [0.2, 0.25) is 0 Å². The molecule has 1 rings (SSSR count). The molecule has 1 aromatic rings.